The highest BCUT2D eigenvalue weighted by Gasteiger charge is 2.08. The van der Waals surface area contributed by atoms with Gasteiger partial charge in [-0.2, -0.15) is 0 Å². The Morgan fingerprint density at radius 3 is 2.69 bits per heavy atom. The van der Waals surface area contributed by atoms with E-state index in [9.17, 15) is 4.79 Å². The number of hydrogen-bond donors (Lipinski definition) is 0. The van der Waals surface area contributed by atoms with Crippen molar-refractivity contribution in [3.05, 3.63) is 28.8 Å². The van der Waals surface area contributed by atoms with Gasteiger partial charge < -0.3 is 9.64 Å². The van der Waals surface area contributed by atoms with Crippen LogP contribution in [-0.4, -0.2) is 33.1 Å². The molecule has 0 aromatic heterocycles. The Bertz CT molecular complexity index is 379. The van der Waals surface area contributed by atoms with Crippen molar-refractivity contribution in [1.29, 1.82) is 0 Å². The number of rotatable bonds is 5. The Morgan fingerprint density at radius 2 is 2.19 bits per heavy atom. The maximum absolute atomic E-state index is 11.2. The van der Waals surface area contributed by atoms with Crippen LogP contribution in [0.4, 0.5) is 5.69 Å². The minimum absolute atomic E-state index is 0.0175. The van der Waals surface area contributed by atoms with Crippen molar-refractivity contribution < 1.29 is 9.53 Å². The van der Waals surface area contributed by atoms with Crippen molar-refractivity contribution in [3.8, 4) is 0 Å². The second-order valence-electron chi connectivity index (χ2n) is 3.63. The lowest BCUT2D eigenvalue weighted by atomic mass is 10.1. The summed E-state index contributed by atoms with van der Waals surface area (Å²) in [6.07, 6.45) is 0. The topological polar surface area (TPSA) is 29.5 Å². The van der Waals surface area contributed by atoms with Gasteiger partial charge in [0.25, 0.3) is 0 Å². The van der Waals surface area contributed by atoms with E-state index in [-0.39, 0.29) is 5.78 Å². The Morgan fingerprint density at radius 1 is 1.50 bits per heavy atom. The van der Waals surface area contributed by atoms with Gasteiger partial charge >= 0.3 is 0 Å². The quantitative estimate of drug-likeness (QED) is 0.743. The molecule has 0 aliphatic carbocycles. The van der Waals surface area contributed by atoms with E-state index in [1.165, 1.54) is 6.92 Å². The number of benzene rings is 1. The van der Waals surface area contributed by atoms with Gasteiger partial charge in [0.1, 0.15) is 0 Å². The van der Waals surface area contributed by atoms with E-state index in [1.807, 2.05) is 18.0 Å². The Kier molecular flexibility index (Phi) is 4.77. The number of halogens is 1. The van der Waals surface area contributed by atoms with E-state index in [2.05, 4.69) is 0 Å². The van der Waals surface area contributed by atoms with Gasteiger partial charge in [0.05, 0.1) is 11.6 Å². The van der Waals surface area contributed by atoms with Gasteiger partial charge in [0.15, 0.2) is 5.78 Å². The molecule has 1 aromatic rings. The molecule has 0 amide bonds. The third-order valence-electron chi connectivity index (χ3n) is 2.40. The third kappa shape index (κ3) is 3.22. The predicted octanol–water partition coefficient (Wildman–Crippen LogP) is 2.63. The second kappa shape index (κ2) is 5.87. The Balaban J connectivity index is 2.84. The first-order valence-corrected chi connectivity index (χ1v) is 5.44. The molecule has 0 spiro atoms. The standard InChI is InChI=1S/C12H16ClNO2/c1-9(15)11-5-4-10(8-12(11)13)14(2)6-7-16-3/h4-5,8H,6-7H2,1-3H3. The van der Waals surface area contributed by atoms with E-state index < -0.39 is 0 Å². The van der Waals surface area contributed by atoms with E-state index >= 15 is 0 Å². The summed E-state index contributed by atoms with van der Waals surface area (Å²) in [5.41, 5.74) is 1.54. The maximum atomic E-state index is 11.2. The van der Waals surface area contributed by atoms with Crippen LogP contribution < -0.4 is 4.90 Å². The lowest BCUT2D eigenvalue weighted by Crippen LogP contribution is -2.22. The number of ketones is 1. The first-order valence-electron chi connectivity index (χ1n) is 5.07. The van der Waals surface area contributed by atoms with Gasteiger partial charge in [-0.05, 0) is 25.1 Å². The molecule has 0 aliphatic rings. The summed E-state index contributed by atoms with van der Waals surface area (Å²) in [7, 11) is 3.62. The van der Waals surface area contributed by atoms with Crippen LogP contribution in [-0.2, 0) is 4.74 Å². The highest BCUT2D eigenvalue weighted by molar-refractivity contribution is 6.34. The summed E-state index contributed by atoms with van der Waals surface area (Å²) < 4.78 is 5.00. The minimum atomic E-state index is -0.0175. The average molecular weight is 242 g/mol. The van der Waals surface area contributed by atoms with Crippen LogP contribution >= 0.6 is 11.6 Å². The minimum Gasteiger partial charge on any atom is -0.383 e. The van der Waals surface area contributed by atoms with Crippen molar-refractivity contribution in [2.75, 3.05) is 32.2 Å². The molecule has 0 unspecified atom stereocenters. The molecule has 0 atom stereocenters. The molecular weight excluding hydrogens is 226 g/mol. The maximum Gasteiger partial charge on any atom is 0.161 e. The highest BCUT2D eigenvalue weighted by atomic mass is 35.5. The summed E-state index contributed by atoms with van der Waals surface area (Å²) in [6, 6.07) is 5.44. The largest absolute Gasteiger partial charge is 0.383 e. The number of hydrogen-bond acceptors (Lipinski definition) is 3. The fourth-order valence-electron chi connectivity index (χ4n) is 1.38. The summed E-state index contributed by atoms with van der Waals surface area (Å²) >= 11 is 6.02. The number of carbonyl (C=O) groups is 1. The number of nitrogens with zero attached hydrogens (tertiary/aromatic N) is 1. The summed E-state index contributed by atoms with van der Waals surface area (Å²) in [5, 5.41) is 0.495. The fraction of sp³-hybridized carbons (Fsp3) is 0.417. The molecule has 0 radical (unpaired) electrons. The van der Waals surface area contributed by atoms with Crippen molar-refractivity contribution >= 4 is 23.1 Å². The van der Waals surface area contributed by atoms with Crippen LogP contribution in [0, 0.1) is 0 Å². The Labute approximate surface area is 101 Å². The monoisotopic (exact) mass is 241 g/mol. The van der Waals surface area contributed by atoms with E-state index in [0.29, 0.717) is 17.2 Å². The van der Waals surface area contributed by atoms with Crippen molar-refractivity contribution in [1.82, 2.24) is 0 Å². The predicted molar refractivity (Wildman–Crippen MR) is 66.6 cm³/mol. The Hall–Kier alpha value is -1.06. The molecule has 88 valence electrons. The molecule has 4 heteroatoms. The van der Waals surface area contributed by atoms with Crippen LogP contribution in [0.25, 0.3) is 0 Å². The molecule has 0 heterocycles. The van der Waals surface area contributed by atoms with Gasteiger partial charge in [-0.3, -0.25) is 4.79 Å². The van der Waals surface area contributed by atoms with Crippen LogP contribution in [0.2, 0.25) is 5.02 Å². The van der Waals surface area contributed by atoms with E-state index in [4.69, 9.17) is 16.3 Å². The van der Waals surface area contributed by atoms with Crippen molar-refractivity contribution in [2.24, 2.45) is 0 Å². The highest BCUT2D eigenvalue weighted by Crippen LogP contribution is 2.23. The number of methoxy groups -OCH3 is 1. The normalized spacial score (nSPS) is 10.2. The zero-order valence-corrected chi connectivity index (χ0v) is 10.5. The number of likely N-dealkylation sites (N-methyl/N-ethyl adjacent to an activating group) is 1. The molecule has 1 aromatic carbocycles. The zero-order valence-electron chi connectivity index (χ0n) is 9.79. The van der Waals surface area contributed by atoms with Gasteiger partial charge in [-0.1, -0.05) is 11.6 Å². The average Bonchev–Trinajstić information content (AvgIpc) is 2.25. The second-order valence-corrected chi connectivity index (χ2v) is 4.04. The first kappa shape index (κ1) is 13.0. The molecule has 0 N–H and O–H groups in total. The molecule has 0 saturated carbocycles. The molecule has 1 rings (SSSR count). The molecule has 0 saturated heterocycles. The third-order valence-corrected chi connectivity index (χ3v) is 2.72. The molecule has 3 nitrogen and oxygen atoms in total. The number of Topliss-reactive ketones (excluding diaryl/α,β-unsaturated/α-hetero) is 1. The molecule has 0 bridgehead atoms. The van der Waals surface area contributed by atoms with Crippen LogP contribution in [0.15, 0.2) is 18.2 Å². The number of ether oxygens (including phenoxy) is 1. The molecule has 0 aliphatic heterocycles. The zero-order chi connectivity index (χ0) is 12.1. The van der Waals surface area contributed by atoms with E-state index in [1.54, 1.807) is 19.2 Å². The lowest BCUT2D eigenvalue weighted by molar-refractivity contribution is 0.101. The smallest absolute Gasteiger partial charge is 0.161 e. The SMILES string of the molecule is COCCN(C)c1ccc(C(C)=O)c(Cl)c1. The lowest BCUT2D eigenvalue weighted by Gasteiger charge is -2.19. The summed E-state index contributed by atoms with van der Waals surface area (Å²) in [5.74, 6) is -0.0175. The molecule has 16 heavy (non-hydrogen) atoms. The number of carbonyl (C=O) groups excluding carboxylic acids is 1. The molecular formula is C12H16ClNO2. The first-order chi connectivity index (χ1) is 7.56. The molecule has 0 fully saturated rings. The van der Waals surface area contributed by atoms with Gasteiger partial charge in [0, 0.05) is 32.0 Å². The van der Waals surface area contributed by atoms with Gasteiger partial charge in [-0.15, -0.1) is 0 Å². The van der Waals surface area contributed by atoms with Crippen molar-refractivity contribution in [2.45, 2.75) is 6.92 Å². The van der Waals surface area contributed by atoms with Crippen LogP contribution in [0.3, 0.4) is 0 Å². The fourth-order valence-corrected chi connectivity index (χ4v) is 1.69. The van der Waals surface area contributed by atoms with Crippen molar-refractivity contribution in [3.63, 3.8) is 0 Å². The van der Waals surface area contributed by atoms with Gasteiger partial charge in [-0.25, -0.2) is 0 Å². The summed E-state index contributed by atoms with van der Waals surface area (Å²) in [4.78, 5) is 13.2. The van der Waals surface area contributed by atoms with E-state index in [0.717, 1.165) is 12.2 Å². The summed E-state index contributed by atoms with van der Waals surface area (Å²) in [6.45, 7) is 2.95. The van der Waals surface area contributed by atoms with Gasteiger partial charge in [0.2, 0.25) is 0 Å². The van der Waals surface area contributed by atoms with Crippen LogP contribution in [0.1, 0.15) is 17.3 Å². The van der Waals surface area contributed by atoms with Crippen LogP contribution in [0.5, 0.6) is 0 Å². The number of anilines is 1.